The molecule has 1 aliphatic heterocycles. The van der Waals surface area contributed by atoms with Gasteiger partial charge in [-0.05, 0) is 54.4 Å². The van der Waals surface area contributed by atoms with Gasteiger partial charge in [0, 0.05) is 23.8 Å². The fourth-order valence-corrected chi connectivity index (χ4v) is 4.49. The summed E-state index contributed by atoms with van der Waals surface area (Å²) >= 11 is 0. The molecule has 2 fully saturated rings. The largest absolute Gasteiger partial charge is 0.399 e. The van der Waals surface area contributed by atoms with E-state index in [0.29, 0.717) is 17.1 Å². The van der Waals surface area contributed by atoms with Crippen LogP contribution in [0.4, 0.5) is 5.69 Å². The van der Waals surface area contributed by atoms with Crippen LogP contribution in [-0.4, -0.2) is 23.4 Å². The van der Waals surface area contributed by atoms with Gasteiger partial charge in [0.05, 0.1) is 0 Å². The molecule has 2 atom stereocenters. The normalized spacial score (nSPS) is 31.4. The van der Waals surface area contributed by atoms with Crippen LogP contribution in [0, 0.1) is 10.8 Å². The summed E-state index contributed by atoms with van der Waals surface area (Å²) in [6.45, 7) is 7.88. The van der Waals surface area contributed by atoms with Crippen LogP contribution >= 0.6 is 0 Å². The second-order valence-electron chi connectivity index (χ2n) is 7.77. The predicted molar refractivity (Wildman–Crippen MR) is 81.4 cm³/mol. The first kappa shape index (κ1) is 13.5. The first-order valence-electron chi connectivity index (χ1n) is 7.45. The highest BCUT2D eigenvalue weighted by Crippen LogP contribution is 2.52. The number of carbonyl (C=O) groups excluding carboxylic acids is 1. The summed E-state index contributed by atoms with van der Waals surface area (Å²) in [5.74, 6) is 0.163. The molecule has 2 N–H and O–H groups in total. The number of nitrogens with two attached hydrogens (primary N) is 1. The molecule has 3 heteroatoms. The fraction of sp³-hybridized carbons (Fsp3) is 0.588. The summed E-state index contributed by atoms with van der Waals surface area (Å²) in [6, 6.07) is 7.69. The fourth-order valence-electron chi connectivity index (χ4n) is 4.49. The van der Waals surface area contributed by atoms with Crippen LogP contribution in [0.3, 0.4) is 0 Å². The van der Waals surface area contributed by atoms with Gasteiger partial charge in [0.15, 0.2) is 0 Å². The second-order valence-corrected chi connectivity index (χ2v) is 7.77. The summed E-state index contributed by atoms with van der Waals surface area (Å²) in [5.41, 5.74) is 7.79. The van der Waals surface area contributed by atoms with Gasteiger partial charge >= 0.3 is 0 Å². The van der Waals surface area contributed by atoms with Gasteiger partial charge in [-0.15, -0.1) is 0 Å². The zero-order chi connectivity index (χ0) is 14.5. The highest BCUT2D eigenvalue weighted by atomic mass is 16.2. The Balaban J connectivity index is 1.85. The number of nitrogens with zero attached hydrogens (tertiary/aromatic N) is 1. The Morgan fingerprint density at radius 3 is 2.50 bits per heavy atom. The lowest BCUT2D eigenvalue weighted by Crippen LogP contribution is -2.37. The molecule has 20 heavy (non-hydrogen) atoms. The average Bonchev–Trinajstić information content (AvgIpc) is 2.58. The maximum Gasteiger partial charge on any atom is 0.254 e. The highest BCUT2D eigenvalue weighted by Gasteiger charge is 2.50. The molecule has 1 aromatic rings. The number of fused-ring (bicyclic) bond motifs is 2. The third-order valence-corrected chi connectivity index (χ3v) is 4.83. The number of anilines is 1. The minimum Gasteiger partial charge on any atom is -0.399 e. The molecule has 1 saturated heterocycles. The van der Waals surface area contributed by atoms with Crippen LogP contribution in [-0.2, 0) is 0 Å². The van der Waals surface area contributed by atoms with E-state index in [1.165, 1.54) is 6.42 Å². The lowest BCUT2D eigenvalue weighted by molar-refractivity contribution is 0.0708. The summed E-state index contributed by atoms with van der Waals surface area (Å²) in [5, 5.41) is 0. The molecule has 0 spiro atoms. The van der Waals surface area contributed by atoms with Crippen LogP contribution in [0.2, 0.25) is 0 Å². The molecule has 1 heterocycles. The van der Waals surface area contributed by atoms with Crippen molar-refractivity contribution in [2.75, 3.05) is 12.3 Å². The summed E-state index contributed by atoms with van der Waals surface area (Å²) < 4.78 is 0. The van der Waals surface area contributed by atoms with Crippen LogP contribution in [0.5, 0.6) is 0 Å². The van der Waals surface area contributed by atoms with E-state index in [2.05, 4.69) is 25.7 Å². The van der Waals surface area contributed by atoms with Crippen LogP contribution in [0.15, 0.2) is 24.3 Å². The summed E-state index contributed by atoms with van der Waals surface area (Å²) in [6.07, 6.45) is 3.47. The van der Waals surface area contributed by atoms with E-state index in [1.807, 2.05) is 12.1 Å². The third-order valence-electron chi connectivity index (χ3n) is 4.83. The standard InChI is InChI=1S/C17H24N2O/c1-16(2)8-14-9-17(3,10-16)11-19(14)15(20)12-4-6-13(18)7-5-12/h4-7,14H,8-11,18H2,1-3H3/t14-,17+/m0/s1. The molecule has 3 nitrogen and oxygen atoms in total. The van der Waals surface area contributed by atoms with E-state index in [0.717, 1.165) is 24.9 Å². The second kappa shape index (κ2) is 4.24. The van der Waals surface area contributed by atoms with E-state index in [4.69, 9.17) is 5.73 Å². The van der Waals surface area contributed by atoms with Crippen molar-refractivity contribution in [3.05, 3.63) is 29.8 Å². The molecule has 3 rings (SSSR count). The number of amides is 1. The Morgan fingerprint density at radius 2 is 1.85 bits per heavy atom. The molecule has 2 bridgehead atoms. The Morgan fingerprint density at radius 1 is 1.20 bits per heavy atom. The van der Waals surface area contributed by atoms with Crippen molar-refractivity contribution in [1.29, 1.82) is 0 Å². The Labute approximate surface area is 121 Å². The maximum absolute atomic E-state index is 12.7. The molecule has 108 valence electrons. The van der Waals surface area contributed by atoms with Crippen LogP contribution in [0.1, 0.15) is 50.4 Å². The molecule has 0 aromatic heterocycles. The van der Waals surface area contributed by atoms with Crippen LogP contribution in [0.25, 0.3) is 0 Å². The molecule has 1 aromatic carbocycles. The molecule has 2 aliphatic rings. The van der Waals surface area contributed by atoms with Crippen molar-refractivity contribution in [2.24, 2.45) is 10.8 Å². The number of rotatable bonds is 1. The van der Waals surface area contributed by atoms with Crippen molar-refractivity contribution in [2.45, 2.75) is 46.1 Å². The topological polar surface area (TPSA) is 46.3 Å². The lowest BCUT2D eigenvalue weighted by atomic mass is 9.65. The Hall–Kier alpha value is -1.51. The predicted octanol–water partition coefficient (Wildman–Crippen LogP) is 3.31. The van der Waals surface area contributed by atoms with Gasteiger partial charge in [0.1, 0.15) is 0 Å². The molecule has 1 amide bonds. The van der Waals surface area contributed by atoms with Gasteiger partial charge < -0.3 is 10.6 Å². The highest BCUT2D eigenvalue weighted by molar-refractivity contribution is 5.95. The third kappa shape index (κ3) is 2.30. The van der Waals surface area contributed by atoms with Crippen molar-refractivity contribution in [3.8, 4) is 0 Å². The van der Waals surface area contributed by atoms with E-state index in [9.17, 15) is 4.79 Å². The SMILES string of the molecule is CC1(C)C[C@H]2C[C@@](C)(CN2C(=O)c2ccc(N)cc2)C1. The van der Waals surface area contributed by atoms with Gasteiger partial charge in [-0.25, -0.2) is 0 Å². The van der Waals surface area contributed by atoms with Gasteiger partial charge in [-0.3, -0.25) is 4.79 Å². The van der Waals surface area contributed by atoms with E-state index in [1.54, 1.807) is 12.1 Å². The van der Waals surface area contributed by atoms with E-state index >= 15 is 0 Å². The first-order valence-corrected chi connectivity index (χ1v) is 7.45. The van der Waals surface area contributed by atoms with Crippen molar-refractivity contribution < 1.29 is 4.79 Å². The van der Waals surface area contributed by atoms with Crippen molar-refractivity contribution in [1.82, 2.24) is 4.90 Å². The van der Waals surface area contributed by atoms with Crippen molar-refractivity contribution in [3.63, 3.8) is 0 Å². The lowest BCUT2D eigenvalue weighted by Gasteiger charge is -2.39. The maximum atomic E-state index is 12.7. The quantitative estimate of drug-likeness (QED) is 0.797. The smallest absolute Gasteiger partial charge is 0.254 e. The summed E-state index contributed by atoms with van der Waals surface area (Å²) in [7, 11) is 0. The molecular weight excluding hydrogens is 248 g/mol. The molecule has 1 saturated carbocycles. The Bertz CT molecular complexity index is 534. The van der Waals surface area contributed by atoms with E-state index < -0.39 is 0 Å². The average molecular weight is 272 g/mol. The molecular formula is C17H24N2O. The number of carbonyl (C=O) groups is 1. The zero-order valence-electron chi connectivity index (χ0n) is 12.6. The molecule has 0 radical (unpaired) electrons. The molecule has 1 aliphatic carbocycles. The molecule has 0 unspecified atom stereocenters. The number of hydrogen-bond acceptors (Lipinski definition) is 2. The van der Waals surface area contributed by atoms with E-state index in [-0.39, 0.29) is 11.3 Å². The zero-order valence-corrected chi connectivity index (χ0v) is 12.6. The number of likely N-dealkylation sites (tertiary alicyclic amines) is 1. The number of nitrogen functional groups attached to an aromatic ring is 1. The van der Waals surface area contributed by atoms with Gasteiger partial charge in [-0.1, -0.05) is 20.8 Å². The van der Waals surface area contributed by atoms with Crippen molar-refractivity contribution >= 4 is 11.6 Å². The first-order chi connectivity index (χ1) is 9.28. The number of hydrogen-bond donors (Lipinski definition) is 1. The minimum atomic E-state index is 0.163. The number of benzene rings is 1. The summed E-state index contributed by atoms with van der Waals surface area (Å²) in [4.78, 5) is 14.8. The monoisotopic (exact) mass is 272 g/mol. The van der Waals surface area contributed by atoms with Crippen LogP contribution < -0.4 is 5.73 Å². The van der Waals surface area contributed by atoms with Gasteiger partial charge in [0.25, 0.3) is 5.91 Å². The van der Waals surface area contributed by atoms with Gasteiger partial charge in [-0.2, -0.15) is 0 Å². The Kier molecular flexibility index (Phi) is 2.86. The minimum absolute atomic E-state index is 0.163. The van der Waals surface area contributed by atoms with Gasteiger partial charge in [0.2, 0.25) is 0 Å².